The Kier molecular flexibility index (Phi) is 1.85. The molecule has 2 nitrogen and oxygen atoms in total. The summed E-state index contributed by atoms with van der Waals surface area (Å²) in [5.41, 5.74) is 9.50. The van der Waals surface area contributed by atoms with Gasteiger partial charge in [-0.15, -0.1) is 0 Å². The Balaban J connectivity index is 2.47. The molecule has 1 aromatic heterocycles. The normalized spacial score (nSPS) is 22.0. The molecule has 0 saturated heterocycles. The lowest BCUT2D eigenvalue weighted by atomic mass is 9.92. The molecular formula is C10H14N2. The van der Waals surface area contributed by atoms with Gasteiger partial charge in [0, 0.05) is 11.7 Å². The van der Waals surface area contributed by atoms with Crippen LogP contribution >= 0.6 is 0 Å². The maximum atomic E-state index is 5.95. The maximum absolute atomic E-state index is 5.95. The van der Waals surface area contributed by atoms with Gasteiger partial charge in [-0.1, -0.05) is 6.07 Å². The first-order valence-corrected chi connectivity index (χ1v) is 4.49. The molecule has 0 bridgehead atoms. The number of rotatable bonds is 0. The van der Waals surface area contributed by atoms with Gasteiger partial charge in [-0.05, 0) is 37.8 Å². The second-order valence-corrected chi connectivity index (χ2v) is 3.50. The van der Waals surface area contributed by atoms with E-state index in [9.17, 15) is 0 Å². The van der Waals surface area contributed by atoms with Crippen LogP contribution in [-0.2, 0) is 6.42 Å². The second kappa shape index (κ2) is 2.87. The number of nitrogens with two attached hydrogens (primary N) is 1. The van der Waals surface area contributed by atoms with E-state index in [0.717, 1.165) is 24.2 Å². The van der Waals surface area contributed by atoms with Gasteiger partial charge in [0.25, 0.3) is 0 Å². The van der Waals surface area contributed by atoms with Crippen LogP contribution in [0.25, 0.3) is 0 Å². The van der Waals surface area contributed by atoms with E-state index in [4.69, 9.17) is 5.73 Å². The minimum absolute atomic E-state index is 0.175. The Bertz CT molecular complexity index is 294. The van der Waals surface area contributed by atoms with Gasteiger partial charge in [0.1, 0.15) is 0 Å². The van der Waals surface area contributed by atoms with Crippen LogP contribution in [0.15, 0.2) is 12.1 Å². The SMILES string of the molecule is Cc1ccc2c(n1)[C@H](N)CCC2. The largest absolute Gasteiger partial charge is 0.323 e. The molecule has 12 heavy (non-hydrogen) atoms. The van der Waals surface area contributed by atoms with Crippen molar-refractivity contribution < 1.29 is 0 Å². The average molecular weight is 162 g/mol. The predicted molar refractivity (Wildman–Crippen MR) is 48.8 cm³/mol. The molecule has 0 unspecified atom stereocenters. The zero-order valence-electron chi connectivity index (χ0n) is 7.38. The fourth-order valence-electron chi connectivity index (χ4n) is 1.79. The predicted octanol–water partition coefficient (Wildman–Crippen LogP) is 1.73. The van der Waals surface area contributed by atoms with E-state index in [2.05, 4.69) is 17.1 Å². The lowest BCUT2D eigenvalue weighted by Crippen LogP contribution is -2.19. The summed E-state index contributed by atoms with van der Waals surface area (Å²) in [6.45, 7) is 2.02. The summed E-state index contributed by atoms with van der Waals surface area (Å²) in [5, 5.41) is 0. The fourth-order valence-corrected chi connectivity index (χ4v) is 1.79. The number of hydrogen-bond donors (Lipinski definition) is 1. The van der Waals surface area contributed by atoms with Crippen molar-refractivity contribution >= 4 is 0 Å². The van der Waals surface area contributed by atoms with Crippen molar-refractivity contribution in [3.05, 3.63) is 29.1 Å². The first-order valence-electron chi connectivity index (χ1n) is 4.49. The van der Waals surface area contributed by atoms with Crippen LogP contribution in [0, 0.1) is 6.92 Å². The highest BCUT2D eigenvalue weighted by molar-refractivity contribution is 5.27. The Morgan fingerprint density at radius 3 is 3.17 bits per heavy atom. The van der Waals surface area contributed by atoms with E-state index in [1.165, 1.54) is 12.0 Å². The van der Waals surface area contributed by atoms with Crippen LogP contribution in [0.3, 0.4) is 0 Å². The standard InChI is InChI=1S/C10H14N2/c1-7-5-6-8-3-2-4-9(11)10(8)12-7/h5-6,9H,2-4,11H2,1H3/t9-/m1/s1. The highest BCUT2D eigenvalue weighted by atomic mass is 14.8. The molecule has 1 aromatic rings. The van der Waals surface area contributed by atoms with Gasteiger partial charge in [0.15, 0.2) is 0 Å². The second-order valence-electron chi connectivity index (χ2n) is 3.50. The Morgan fingerprint density at radius 1 is 1.50 bits per heavy atom. The summed E-state index contributed by atoms with van der Waals surface area (Å²) in [6, 6.07) is 4.40. The van der Waals surface area contributed by atoms with Crippen molar-refractivity contribution in [1.82, 2.24) is 4.98 Å². The van der Waals surface area contributed by atoms with Crippen molar-refractivity contribution in [3.63, 3.8) is 0 Å². The summed E-state index contributed by atoms with van der Waals surface area (Å²) in [4.78, 5) is 4.47. The molecule has 0 spiro atoms. The Morgan fingerprint density at radius 2 is 2.33 bits per heavy atom. The van der Waals surface area contributed by atoms with Crippen LogP contribution in [0.2, 0.25) is 0 Å². The molecule has 0 amide bonds. The van der Waals surface area contributed by atoms with E-state index >= 15 is 0 Å². The van der Waals surface area contributed by atoms with Gasteiger partial charge >= 0.3 is 0 Å². The smallest absolute Gasteiger partial charge is 0.0606 e. The lowest BCUT2D eigenvalue weighted by molar-refractivity contribution is 0.552. The van der Waals surface area contributed by atoms with Gasteiger partial charge in [0.2, 0.25) is 0 Å². The van der Waals surface area contributed by atoms with Gasteiger partial charge in [-0.2, -0.15) is 0 Å². The van der Waals surface area contributed by atoms with Crippen LogP contribution < -0.4 is 5.73 Å². The summed E-state index contributed by atoms with van der Waals surface area (Å²) < 4.78 is 0. The Hall–Kier alpha value is -0.890. The van der Waals surface area contributed by atoms with Gasteiger partial charge in [-0.3, -0.25) is 4.98 Å². The molecule has 64 valence electrons. The molecule has 0 radical (unpaired) electrons. The third kappa shape index (κ3) is 1.23. The molecule has 0 aromatic carbocycles. The van der Waals surface area contributed by atoms with E-state index in [1.807, 2.05) is 6.92 Å². The van der Waals surface area contributed by atoms with E-state index in [0.29, 0.717) is 0 Å². The molecule has 2 N–H and O–H groups in total. The fraction of sp³-hybridized carbons (Fsp3) is 0.500. The van der Waals surface area contributed by atoms with Gasteiger partial charge < -0.3 is 5.73 Å². The molecule has 1 aliphatic carbocycles. The van der Waals surface area contributed by atoms with Crippen LogP contribution in [0.4, 0.5) is 0 Å². The summed E-state index contributed by atoms with van der Waals surface area (Å²) >= 11 is 0. The van der Waals surface area contributed by atoms with E-state index in [1.54, 1.807) is 0 Å². The molecule has 0 aliphatic heterocycles. The lowest BCUT2D eigenvalue weighted by Gasteiger charge is -2.20. The van der Waals surface area contributed by atoms with Crippen molar-refractivity contribution in [1.29, 1.82) is 0 Å². The van der Waals surface area contributed by atoms with Crippen LogP contribution in [-0.4, -0.2) is 4.98 Å². The number of hydrogen-bond acceptors (Lipinski definition) is 2. The molecule has 0 fully saturated rings. The third-order valence-electron chi connectivity index (χ3n) is 2.46. The first kappa shape index (κ1) is 7.74. The van der Waals surface area contributed by atoms with Gasteiger partial charge in [-0.25, -0.2) is 0 Å². The molecule has 1 atom stereocenters. The van der Waals surface area contributed by atoms with Crippen LogP contribution in [0.5, 0.6) is 0 Å². The van der Waals surface area contributed by atoms with Gasteiger partial charge in [0.05, 0.1) is 5.69 Å². The molecule has 0 saturated carbocycles. The number of aromatic nitrogens is 1. The van der Waals surface area contributed by atoms with E-state index in [-0.39, 0.29) is 6.04 Å². The highest BCUT2D eigenvalue weighted by Crippen LogP contribution is 2.25. The maximum Gasteiger partial charge on any atom is 0.0606 e. The van der Waals surface area contributed by atoms with Crippen molar-refractivity contribution in [2.75, 3.05) is 0 Å². The number of aryl methyl sites for hydroxylation is 2. The minimum Gasteiger partial charge on any atom is -0.323 e. The van der Waals surface area contributed by atoms with Crippen molar-refractivity contribution in [3.8, 4) is 0 Å². The number of fused-ring (bicyclic) bond motifs is 1. The summed E-state index contributed by atoms with van der Waals surface area (Å²) in [5.74, 6) is 0. The first-order chi connectivity index (χ1) is 5.77. The topological polar surface area (TPSA) is 38.9 Å². The zero-order valence-corrected chi connectivity index (χ0v) is 7.38. The average Bonchev–Trinajstić information content (AvgIpc) is 2.07. The molecule has 1 aliphatic rings. The Labute approximate surface area is 72.8 Å². The molecular weight excluding hydrogens is 148 g/mol. The third-order valence-corrected chi connectivity index (χ3v) is 2.46. The highest BCUT2D eigenvalue weighted by Gasteiger charge is 2.17. The van der Waals surface area contributed by atoms with Crippen molar-refractivity contribution in [2.24, 2.45) is 5.73 Å². The zero-order chi connectivity index (χ0) is 8.55. The molecule has 2 rings (SSSR count). The van der Waals surface area contributed by atoms with Crippen molar-refractivity contribution in [2.45, 2.75) is 32.2 Å². The van der Waals surface area contributed by atoms with E-state index < -0.39 is 0 Å². The number of nitrogens with zero attached hydrogens (tertiary/aromatic N) is 1. The summed E-state index contributed by atoms with van der Waals surface area (Å²) in [6.07, 6.45) is 3.44. The molecule has 1 heterocycles. The summed E-state index contributed by atoms with van der Waals surface area (Å²) in [7, 11) is 0. The monoisotopic (exact) mass is 162 g/mol. The number of pyridine rings is 1. The molecule has 2 heteroatoms. The van der Waals surface area contributed by atoms with Crippen LogP contribution in [0.1, 0.15) is 35.8 Å². The quantitative estimate of drug-likeness (QED) is 0.631. The minimum atomic E-state index is 0.175.